The molecule has 1 aromatic rings. The molecule has 15 heavy (non-hydrogen) atoms. The van der Waals surface area contributed by atoms with Gasteiger partial charge in [0.15, 0.2) is 0 Å². The maximum absolute atomic E-state index is 12.8. The van der Waals surface area contributed by atoms with Crippen LogP contribution in [0.15, 0.2) is 18.2 Å². The quantitative estimate of drug-likeness (QED) is 0.812. The molecule has 5 nitrogen and oxygen atoms in total. The summed E-state index contributed by atoms with van der Waals surface area (Å²) in [4.78, 5) is 10.7. The van der Waals surface area contributed by atoms with E-state index in [2.05, 4.69) is 0 Å². The van der Waals surface area contributed by atoms with Crippen molar-refractivity contribution in [3.05, 3.63) is 29.6 Å². The molecule has 0 aliphatic heterocycles. The van der Waals surface area contributed by atoms with Crippen LogP contribution in [0, 0.1) is 5.82 Å². The van der Waals surface area contributed by atoms with Crippen molar-refractivity contribution in [3.63, 3.8) is 0 Å². The first-order chi connectivity index (χ1) is 6.79. The van der Waals surface area contributed by atoms with Crippen molar-refractivity contribution in [2.24, 2.45) is 0 Å². The van der Waals surface area contributed by atoms with Crippen molar-refractivity contribution in [1.82, 2.24) is 0 Å². The van der Waals surface area contributed by atoms with Crippen molar-refractivity contribution in [1.29, 1.82) is 0 Å². The minimum absolute atomic E-state index is 0.287. The van der Waals surface area contributed by atoms with Gasteiger partial charge in [0.05, 0.1) is 17.5 Å². The molecule has 0 bridgehead atoms. The Morgan fingerprint density at radius 1 is 1.47 bits per heavy atom. The molecule has 1 aromatic carbocycles. The largest absolute Gasteiger partial charge is 0.478 e. The molecule has 0 aliphatic rings. The van der Waals surface area contributed by atoms with Gasteiger partial charge in [0.1, 0.15) is 5.82 Å². The van der Waals surface area contributed by atoms with Crippen LogP contribution in [0.2, 0.25) is 0 Å². The van der Waals surface area contributed by atoms with Crippen LogP contribution in [0.5, 0.6) is 0 Å². The van der Waals surface area contributed by atoms with Crippen LogP contribution in [0.3, 0.4) is 0 Å². The van der Waals surface area contributed by atoms with Crippen LogP contribution in [0.4, 0.5) is 10.1 Å². The molecule has 0 aromatic heterocycles. The summed E-state index contributed by atoms with van der Waals surface area (Å²) in [6.45, 7) is 0. The first-order valence-electron chi connectivity index (χ1n) is 3.80. The number of aromatic carboxylic acids is 1. The van der Waals surface area contributed by atoms with Crippen LogP contribution in [-0.4, -0.2) is 25.7 Å². The second-order valence-electron chi connectivity index (χ2n) is 2.87. The highest BCUT2D eigenvalue weighted by Gasteiger charge is 2.13. The smallest absolute Gasteiger partial charge is 0.337 e. The number of halogens is 1. The topological polar surface area (TPSA) is 83.5 Å². The van der Waals surface area contributed by atoms with E-state index < -0.39 is 21.8 Å². The van der Waals surface area contributed by atoms with Gasteiger partial charge in [-0.15, -0.1) is 0 Å². The lowest BCUT2D eigenvalue weighted by atomic mass is 10.2. The predicted octanol–water partition coefficient (Wildman–Crippen LogP) is 0.895. The average molecular weight is 233 g/mol. The van der Waals surface area contributed by atoms with Crippen molar-refractivity contribution < 1.29 is 22.7 Å². The van der Waals surface area contributed by atoms with Crippen molar-refractivity contribution in [2.45, 2.75) is 0 Å². The zero-order valence-corrected chi connectivity index (χ0v) is 8.51. The minimum Gasteiger partial charge on any atom is -0.478 e. The van der Waals surface area contributed by atoms with Gasteiger partial charge in [0.25, 0.3) is 0 Å². The van der Waals surface area contributed by atoms with E-state index in [0.717, 1.165) is 24.5 Å². The van der Waals surface area contributed by atoms with Gasteiger partial charge < -0.3 is 5.11 Å². The van der Waals surface area contributed by atoms with Gasteiger partial charge in [-0.25, -0.2) is 17.6 Å². The van der Waals surface area contributed by atoms with Crippen LogP contribution >= 0.6 is 0 Å². The van der Waals surface area contributed by atoms with Gasteiger partial charge in [0, 0.05) is 0 Å². The number of hydrogen-bond acceptors (Lipinski definition) is 3. The summed E-state index contributed by atoms with van der Waals surface area (Å²) in [6, 6.07) is 2.74. The van der Waals surface area contributed by atoms with Crippen LogP contribution in [0.1, 0.15) is 10.4 Å². The van der Waals surface area contributed by atoms with E-state index in [4.69, 9.17) is 5.11 Å². The summed E-state index contributed by atoms with van der Waals surface area (Å²) < 4.78 is 36.4. The Morgan fingerprint density at radius 3 is 2.53 bits per heavy atom. The molecule has 0 fully saturated rings. The predicted molar refractivity (Wildman–Crippen MR) is 51.8 cm³/mol. The maximum atomic E-state index is 12.8. The van der Waals surface area contributed by atoms with Crippen molar-refractivity contribution in [2.75, 3.05) is 11.0 Å². The fraction of sp³-hybridized carbons (Fsp3) is 0.125. The van der Waals surface area contributed by atoms with E-state index >= 15 is 0 Å². The lowest BCUT2D eigenvalue weighted by molar-refractivity contribution is 0.0698. The summed E-state index contributed by atoms with van der Waals surface area (Å²) in [5.41, 5.74) is -0.591. The van der Waals surface area contributed by atoms with Crippen LogP contribution in [0.25, 0.3) is 0 Å². The number of rotatable bonds is 3. The first-order valence-corrected chi connectivity index (χ1v) is 5.69. The molecule has 0 unspecified atom stereocenters. The number of carboxylic acids is 1. The highest BCUT2D eigenvalue weighted by molar-refractivity contribution is 7.92. The Morgan fingerprint density at radius 2 is 2.07 bits per heavy atom. The lowest BCUT2D eigenvalue weighted by Gasteiger charge is -2.07. The molecule has 0 radical (unpaired) electrons. The Hall–Kier alpha value is -1.63. The SMILES string of the molecule is CS(=O)(=O)Nc1cc(F)ccc1C(=O)O. The molecule has 0 aliphatic carbocycles. The molecule has 0 amide bonds. The molecule has 0 heterocycles. The highest BCUT2D eigenvalue weighted by Crippen LogP contribution is 2.18. The van der Waals surface area contributed by atoms with Gasteiger partial charge >= 0.3 is 5.97 Å². The molecule has 0 saturated heterocycles. The molecule has 0 atom stereocenters. The third kappa shape index (κ3) is 3.21. The Bertz CT molecular complexity index is 497. The monoisotopic (exact) mass is 233 g/mol. The Labute approximate surface area is 85.6 Å². The Balaban J connectivity index is 3.25. The van der Waals surface area contributed by atoms with E-state index in [-0.39, 0.29) is 11.3 Å². The fourth-order valence-corrected chi connectivity index (χ4v) is 1.56. The number of hydrogen-bond donors (Lipinski definition) is 2. The summed E-state index contributed by atoms with van der Waals surface area (Å²) in [5.74, 6) is -2.05. The van der Waals surface area contributed by atoms with E-state index in [1.165, 1.54) is 0 Å². The molecule has 1 rings (SSSR count). The van der Waals surface area contributed by atoms with Gasteiger partial charge in [-0.1, -0.05) is 0 Å². The van der Waals surface area contributed by atoms with E-state index in [1.807, 2.05) is 4.72 Å². The van der Waals surface area contributed by atoms with Gasteiger partial charge in [-0.3, -0.25) is 4.72 Å². The average Bonchev–Trinajstić information content (AvgIpc) is 1.99. The van der Waals surface area contributed by atoms with E-state index in [1.54, 1.807) is 0 Å². The van der Waals surface area contributed by atoms with Crippen molar-refractivity contribution >= 4 is 21.7 Å². The molecule has 82 valence electrons. The number of nitrogens with one attached hydrogen (secondary N) is 1. The first kappa shape index (κ1) is 11.4. The maximum Gasteiger partial charge on any atom is 0.337 e. The standard InChI is InChI=1S/C8H8FNO4S/c1-15(13,14)10-7-4-5(9)2-3-6(7)8(11)12/h2-4,10H,1H3,(H,11,12). The number of sulfonamides is 1. The van der Waals surface area contributed by atoms with Gasteiger partial charge in [0.2, 0.25) is 10.0 Å². The molecule has 0 spiro atoms. The highest BCUT2D eigenvalue weighted by atomic mass is 32.2. The van der Waals surface area contributed by atoms with Crippen LogP contribution < -0.4 is 4.72 Å². The summed E-state index contributed by atoms with van der Waals surface area (Å²) in [5, 5.41) is 8.70. The lowest BCUT2D eigenvalue weighted by Crippen LogP contribution is -2.13. The molecule has 2 N–H and O–H groups in total. The van der Waals surface area contributed by atoms with Gasteiger partial charge in [-0.2, -0.15) is 0 Å². The minimum atomic E-state index is -3.63. The third-order valence-corrected chi connectivity index (χ3v) is 2.10. The zero-order chi connectivity index (χ0) is 11.6. The molecule has 7 heteroatoms. The summed E-state index contributed by atoms with van der Waals surface area (Å²) in [7, 11) is -3.63. The number of carboxylic acid groups (broad SMARTS) is 1. The molecule has 0 saturated carbocycles. The summed E-state index contributed by atoms with van der Waals surface area (Å²) >= 11 is 0. The number of carbonyl (C=O) groups is 1. The zero-order valence-electron chi connectivity index (χ0n) is 7.69. The Kier molecular flexibility index (Phi) is 2.94. The normalized spacial score (nSPS) is 11.1. The fourth-order valence-electron chi connectivity index (χ4n) is 0.987. The third-order valence-electron chi connectivity index (χ3n) is 1.51. The number of benzene rings is 1. The van der Waals surface area contributed by atoms with Crippen LogP contribution in [-0.2, 0) is 10.0 Å². The van der Waals surface area contributed by atoms with E-state index in [9.17, 15) is 17.6 Å². The van der Waals surface area contributed by atoms with E-state index in [0.29, 0.717) is 0 Å². The summed E-state index contributed by atoms with van der Waals surface area (Å²) in [6.07, 6.45) is 0.851. The second-order valence-corrected chi connectivity index (χ2v) is 4.62. The second kappa shape index (κ2) is 3.85. The molecular weight excluding hydrogens is 225 g/mol. The van der Waals surface area contributed by atoms with Gasteiger partial charge in [-0.05, 0) is 18.2 Å². The number of anilines is 1. The molecular formula is C8H8FNO4S. The van der Waals surface area contributed by atoms with Crippen molar-refractivity contribution in [3.8, 4) is 0 Å².